The summed E-state index contributed by atoms with van der Waals surface area (Å²) in [6.45, 7) is 1.79. The zero-order valence-corrected chi connectivity index (χ0v) is 11.7. The Morgan fingerprint density at radius 3 is 2.48 bits per heavy atom. The number of rotatable bonds is 5. The van der Waals surface area contributed by atoms with Crippen LogP contribution < -0.4 is 10.6 Å². The van der Waals surface area contributed by atoms with Gasteiger partial charge >= 0.3 is 0 Å². The van der Waals surface area contributed by atoms with Gasteiger partial charge < -0.3 is 10.6 Å². The first kappa shape index (κ1) is 14.7. The molecule has 0 aliphatic carbocycles. The van der Waals surface area contributed by atoms with Crippen molar-refractivity contribution in [1.82, 2.24) is 10.3 Å². The Labute approximate surface area is 123 Å². The van der Waals surface area contributed by atoms with Crippen molar-refractivity contribution in [2.75, 3.05) is 5.32 Å². The van der Waals surface area contributed by atoms with Crippen LogP contribution in [0.1, 0.15) is 23.7 Å². The second-order valence-electron chi connectivity index (χ2n) is 4.71. The van der Waals surface area contributed by atoms with E-state index in [1.807, 2.05) is 6.07 Å². The molecule has 108 valence electrons. The molecule has 5 heteroatoms. The van der Waals surface area contributed by atoms with Gasteiger partial charge in [0.2, 0.25) is 5.91 Å². The number of hydrogen-bond donors (Lipinski definition) is 2. The number of pyridine rings is 1. The summed E-state index contributed by atoms with van der Waals surface area (Å²) in [7, 11) is 0. The van der Waals surface area contributed by atoms with Gasteiger partial charge in [0.1, 0.15) is 5.82 Å². The summed E-state index contributed by atoms with van der Waals surface area (Å²) >= 11 is 0. The SMILES string of the molecule is CC(CC(=O)Nc1ccccn1)NC(=O)c1ccccc1. The average molecular weight is 283 g/mol. The number of aromatic nitrogens is 1. The zero-order valence-electron chi connectivity index (χ0n) is 11.7. The summed E-state index contributed by atoms with van der Waals surface area (Å²) in [5, 5.41) is 5.48. The van der Waals surface area contributed by atoms with Crippen molar-refractivity contribution < 1.29 is 9.59 Å². The van der Waals surface area contributed by atoms with Gasteiger partial charge in [-0.15, -0.1) is 0 Å². The van der Waals surface area contributed by atoms with E-state index in [4.69, 9.17) is 0 Å². The summed E-state index contributed by atoms with van der Waals surface area (Å²) in [5.41, 5.74) is 0.578. The lowest BCUT2D eigenvalue weighted by Crippen LogP contribution is -2.35. The molecule has 2 amide bonds. The van der Waals surface area contributed by atoms with Crippen LogP contribution in [-0.2, 0) is 4.79 Å². The van der Waals surface area contributed by atoms with E-state index in [1.165, 1.54) is 0 Å². The van der Waals surface area contributed by atoms with E-state index in [1.54, 1.807) is 55.6 Å². The Kier molecular flexibility index (Phi) is 5.04. The minimum absolute atomic E-state index is 0.186. The monoisotopic (exact) mass is 283 g/mol. The van der Waals surface area contributed by atoms with Gasteiger partial charge in [-0.05, 0) is 31.2 Å². The van der Waals surface area contributed by atoms with Gasteiger partial charge in [0.05, 0.1) is 0 Å². The van der Waals surface area contributed by atoms with Crippen LogP contribution >= 0.6 is 0 Å². The van der Waals surface area contributed by atoms with E-state index in [0.29, 0.717) is 11.4 Å². The summed E-state index contributed by atoms with van der Waals surface area (Å²) in [6, 6.07) is 13.9. The Balaban J connectivity index is 1.83. The molecule has 0 radical (unpaired) electrons. The number of nitrogens with one attached hydrogen (secondary N) is 2. The van der Waals surface area contributed by atoms with Crippen molar-refractivity contribution in [2.24, 2.45) is 0 Å². The molecule has 0 saturated heterocycles. The number of carbonyl (C=O) groups excluding carboxylic acids is 2. The first-order chi connectivity index (χ1) is 10.1. The molecule has 2 rings (SSSR count). The number of amides is 2. The van der Waals surface area contributed by atoms with E-state index in [9.17, 15) is 9.59 Å². The van der Waals surface area contributed by atoms with E-state index in [2.05, 4.69) is 15.6 Å². The van der Waals surface area contributed by atoms with Crippen LogP contribution in [0.15, 0.2) is 54.7 Å². The fourth-order valence-electron chi connectivity index (χ4n) is 1.86. The molecule has 1 aromatic heterocycles. The van der Waals surface area contributed by atoms with Gasteiger partial charge in [0, 0.05) is 24.2 Å². The van der Waals surface area contributed by atoms with Crippen LogP contribution in [0.3, 0.4) is 0 Å². The second kappa shape index (κ2) is 7.19. The molecule has 0 saturated carbocycles. The quantitative estimate of drug-likeness (QED) is 0.884. The third kappa shape index (κ3) is 4.72. The Morgan fingerprint density at radius 1 is 1.10 bits per heavy atom. The Hall–Kier alpha value is -2.69. The van der Waals surface area contributed by atoms with Gasteiger partial charge in [-0.2, -0.15) is 0 Å². The van der Waals surface area contributed by atoms with Crippen LogP contribution in [0.2, 0.25) is 0 Å². The van der Waals surface area contributed by atoms with Crippen LogP contribution in [0.5, 0.6) is 0 Å². The lowest BCUT2D eigenvalue weighted by molar-refractivity contribution is -0.116. The Morgan fingerprint density at radius 2 is 1.81 bits per heavy atom. The van der Waals surface area contributed by atoms with Gasteiger partial charge in [-0.1, -0.05) is 24.3 Å². The van der Waals surface area contributed by atoms with Crippen molar-refractivity contribution >= 4 is 17.6 Å². The van der Waals surface area contributed by atoms with Gasteiger partial charge in [-0.3, -0.25) is 9.59 Å². The average Bonchev–Trinajstić information content (AvgIpc) is 2.48. The molecule has 2 aromatic rings. The predicted molar refractivity (Wildman–Crippen MR) is 80.9 cm³/mol. The lowest BCUT2D eigenvalue weighted by atomic mass is 10.1. The van der Waals surface area contributed by atoms with Crippen LogP contribution in [0.4, 0.5) is 5.82 Å². The minimum atomic E-state index is -0.263. The third-order valence-corrected chi connectivity index (χ3v) is 2.84. The zero-order chi connectivity index (χ0) is 15.1. The van der Waals surface area contributed by atoms with Crippen molar-refractivity contribution in [3.05, 3.63) is 60.3 Å². The second-order valence-corrected chi connectivity index (χ2v) is 4.71. The molecule has 0 aliphatic rings. The standard InChI is InChI=1S/C16H17N3O2/c1-12(18-16(21)13-7-3-2-4-8-13)11-15(20)19-14-9-5-6-10-17-14/h2-10,12H,11H2,1H3,(H,18,21)(H,17,19,20). The highest BCUT2D eigenvalue weighted by Crippen LogP contribution is 2.03. The van der Waals surface area contributed by atoms with E-state index < -0.39 is 0 Å². The number of carbonyl (C=O) groups is 2. The van der Waals surface area contributed by atoms with Crippen LogP contribution in [-0.4, -0.2) is 22.8 Å². The van der Waals surface area contributed by atoms with Crippen molar-refractivity contribution in [1.29, 1.82) is 0 Å². The van der Waals surface area contributed by atoms with E-state index >= 15 is 0 Å². The highest BCUT2D eigenvalue weighted by Gasteiger charge is 2.13. The maximum absolute atomic E-state index is 11.9. The highest BCUT2D eigenvalue weighted by atomic mass is 16.2. The lowest BCUT2D eigenvalue weighted by Gasteiger charge is -2.13. The molecule has 1 atom stereocenters. The van der Waals surface area contributed by atoms with E-state index in [0.717, 1.165) is 0 Å². The largest absolute Gasteiger partial charge is 0.349 e. The molecule has 1 aromatic carbocycles. The predicted octanol–water partition coefficient (Wildman–Crippen LogP) is 2.23. The maximum Gasteiger partial charge on any atom is 0.251 e. The Bertz CT molecular complexity index is 599. The van der Waals surface area contributed by atoms with Crippen LogP contribution in [0, 0.1) is 0 Å². The molecule has 21 heavy (non-hydrogen) atoms. The van der Waals surface area contributed by atoms with Crippen molar-refractivity contribution in [2.45, 2.75) is 19.4 Å². The van der Waals surface area contributed by atoms with Gasteiger partial charge in [0.15, 0.2) is 0 Å². The summed E-state index contributed by atoms with van der Waals surface area (Å²) in [5.74, 6) is 0.132. The maximum atomic E-state index is 11.9. The molecule has 0 spiro atoms. The smallest absolute Gasteiger partial charge is 0.251 e. The number of anilines is 1. The molecule has 0 fully saturated rings. The molecule has 5 nitrogen and oxygen atoms in total. The fraction of sp³-hybridized carbons (Fsp3) is 0.188. The highest BCUT2D eigenvalue weighted by molar-refractivity contribution is 5.95. The first-order valence-corrected chi connectivity index (χ1v) is 6.72. The molecule has 1 unspecified atom stereocenters. The molecule has 1 heterocycles. The molecular formula is C16H17N3O2. The summed E-state index contributed by atoms with van der Waals surface area (Å²) in [4.78, 5) is 27.8. The number of hydrogen-bond acceptors (Lipinski definition) is 3. The number of nitrogens with zero attached hydrogens (tertiary/aromatic N) is 1. The normalized spacial score (nSPS) is 11.5. The van der Waals surface area contributed by atoms with Crippen molar-refractivity contribution in [3.63, 3.8) is 0 Å². The summed E-state index contributed by atoms with van der Waals surface area (Å²) < 4.78 is 0. The van der Waals surface area contributed by atoms with E-state index in [-0.39, 0.29) is 24.3 Å². The molecular weight excluding hydrogens is 266 g/mol. The molecule has 0 bridgehead atoms. The molecule has 2 N–H and O–H groups in total. The van der Waals surface area contributed by atoms with Gasteiger partial charge in [0.25, 0.3) is 5.91 Å². The third-order valence-electron chi connectivity index (χ3n) is 2.84. The topological polar surface area (TPSA) is 71.1 Å². The summed E-state index contributed by atoms with van der Waals surface area (Å²) in [6.07, 6.45) is 1.80. The van der Waals surface area contributed by atoms with Gasteiger partial charge in [-0.25, -0.2) is 4.98 Å². The fourth-order valence-corrected chi connectivity index (χ4v) is 1.86. The number of benzene rings is 1. The van der Waals surface area contributed by atoms with Crippen LogP contribution in [0.25, 0.3) is 0 Å². The van der Waals surface area contributed by atoms with Crippen molar-refractivity contribution in [3.8, 4) is 0 Å². The minimum Gasteiger partial charge on any atom is -0.349 e. The first-order valence-electron chi connectivity index (χ1n) is 6.72. The molecule has 0 aliphatic heterocycles.